The lowest BCUT2D eigenvalue weighted by Gasteiger charge is -2.28. The van der Waals surface area contributed by atoms with Crippen LogP contribution in [-0.4, -0.2) is 17.8 Å². The van der Waals surface area contributed by atoms with Gasteiger partial charge in [-0.25, -0.2) is 0 Å². The van der Waals surface area contributed by atoms with Gasteiger partial charge in [0, 0.05) is 12.1 Å². The third-order valence-electron chi connectivity index (χ3n) is 3.28. The summed E-state index contributed by atoms with van der Waals surface area (Å²) in [4.78, 5) is 0. The molecule has 1 aliphatic carbocycles. The molecule has 0 radical (unpaired) electrons. The van der Waals surface area contributed by atoms with Crippen molar-refractivity contribution in [1.82, 2.24) is 5.32 Å². The first kappa shape index (κ1) is 12.4. The molecule has 1 atom stereocenters. The molecule has 1 unspecified atom stereocenters. The van der Waals surface area contributed by atoms with Crippen molar-refractivity contribution in [3.63, 3.8) is 0 Å². The maximum absolute atomic E-state index is 4.27. The van der Waals surface area contributed by atoms with Crippen LogP contribution in [0.15, 0.2) is 0 Å². The SMILES string of the molecule is CCC(CCCS)NC1CCCCC1. The topological polar surface area (TPSA) is 12.0 Å². The monoisotopic (exact) mass is 215 g/mol. The van der Waals surface area contributed by atoms with Crippen LogP contribution in [0.4, 0.5) is 0 Å². The Bertz CT molecular complexity index is 132. The number of hydrogen-bond acceptors (Lipinski definition) is 2. The van der Waals surface area contributed by atoms with Gasteiger partial charge in [0.2, 0.25) is 0 Å². The molecule has 0 bridgehead atoms. The van der Waals surface area contributed by atoms with Crippen LogP contribution in [0.25, 0.3) is 0 Å². The summed E-state index contributed by atoms with van der Waals surface area (Å²) in [7, 11) is 0. The van der Waals surface area contributed by atoms with Gasteiger partial charge in [-0.05, 0) is 37.9 Å². The molecule has 0 aromatic heterocycles. The van der Waals surface area contributed by atoms with E-state index >= 15 is 0 Å². The number of rotatable bonds is 6. The summed E-state index contributed by atoms with van der Waals surface area (Å²) < 4.78 is 0. The van der Waals surface area contributed by atoms with Gasteiger partial charge in [0.05, 0.1) is 0 Å². The van der Waals surface area contributed by atoms with Crippen LogP contribution in [0.2, 0.25) is 0 Å². The summed E-state index contributed by atoms with van der Waals surface area (Å²) in [5.74, 6) is 1.03. The largest absolute Gasteiger partial charge is 0.311 e. The van der Waals surface area contributed by atoms with E-state index in [4.69, 9.17) is 0 Å². The molecule has 1 fully saturated rings. The molecule has 1 rings (SSSR count). The number of hydrogen-bond donors (Lipinski definition) is 2. The van der Waals surface area contributed by atoms with E-state index in [0.717, 1.165) is 17.8 Å². The van der Waals surface area contributed by atoms with Crippen molar-refractivity contribution >= 4 is 12.6 Å². The number of nitrogens with one attached hydrogen (secondary N) is 1. The smallest absolute Gasteiger partial charge is 0.00696 e. The van der Waals surface area contributed by atoms with Crippen molar-refractivity contribution in [1.29, 1.82) is 0 Å². The normalized spacial score (nSPS) is 21.0. The molecule has 0 aromatic carbocycles. The molecular weight excluding hydrogens is 190 g/mol. The van der Waals surface area contributed by atoms with E-state index in [2.05, 4.69) is 24.9 Å². The second-order valence-electron chi connectivity index (χ2n) is 4.47. The zero-order valence-corrected chi connectivity index (χ0v) is 10.4. The van der Waals surface area contributed by atoms with E-state index in [0.29, 0.717) is 0 Å². The second-order valence-corrected chi connectivity index (χ2v) is 4.92. The van der Waals surface area contributed by atoms with Crippen LogP contribution in [-0.2, 0) is 0 Å². The van der Waals surface area contributed by atoms with Crippen molar-refractivity contribution in [2.45, 2.75) is 70.4 Å². The summed E-state index contributed by atoms with van der Waals surface area (Å²) in [6.07, 6.45) is 10.9. The first-order chi connectivity index (χ1) is 6.86. The Kier molecular flexibility index (Phi) is 6.70. The molecule has 0 aromatic rings. The van der Waals surface area contributed by atoms with Gasteiger partial charge < -0.3 is 5.32 Å². The standard InChI is InChI=1S/C12H25NS/c1-2-11(9-6-10-14)13-12-7-4-3-5-8-12/h11-14H,2-10H2,1H3. The van der Waals surface area contributed by atoms with E-state index in [-0.39, 0.29) is 0 Å². The maximum atomic E-state index is 4.27. The van der Waals surface area contributed by atoms with Crippen molar-refractivity contribution in [3.05, 3.63) is 0 Å². The van der Waals surface area contributed by atoms with E-state index in [1.165, 1.54) is 51.4 Å². The molecule has 0 heterocycles. The lowest BCUT2D eigenvalue weighted by Crippen LogP contribution is -2.39. The zero-order valence-electron chi connectivity index (χ0n) is 9.47. The molecular formula is C12H25NS. The highest BCUT2D eigenvalue weighted by molar-refractivity contribution is 7.80. The Morgan fingerprint density at radius 2 is 2.00 bits per heavy atom. The Balaban J connectivity index is 2.16. The van der Waals surface area contributed by atoms with E-state index in [9.17, 15) is 0 Å². The molecule has 14 heavy (non-hydrogen) atoms. The first-order valence-electron chi connectivity index (χ1n) is 6.23. The molecule has 0 amide bonds. The van der Waals surface area contributed by atoms with E-state index in [1.807, 2.05) is 0 Å². The van der Waals surface area contributed by atoms with Crippen LogP contribution < -0.4 is 5.32 Å². The lowest BCUT2D eigenvalue weighted by molar-refractivity contribution is 0.322. The van der Waals surface area contributed by atoms with Crippen molar-refractivity contribution < 1.29 is 0 Å². The second kappa shape index (κ2) is 7.58. The third-order valence-corrected chi connectivity index (χ3v) is 3.60. The fourth-order valence-electron chi connectivity index (χ4n) is 2.35. The van der Waals surface area contributed by atoms with Crippen LogP contribution in [0.5, 0.6) is 0 Å². The third kappa shape index (κ3) is 4.70. The highest BCUT2D eigenvalue weighted by Crippen LogP contribution is 2.19. The summed E-state index contributed by atoms with van der Waals surface area (Å²) >= 11 is 4.27. The fraction of sp³-hybridized carbons (Fsp3) is 1.00. The Hall–Kier alpha value is 0.310. The van der Waals surface area contributed by atoms with E-state index in [1.54, 1.807) is 0 Å². The summed E-state index contributed by atoms with van der Waals surface area (Å²) in [6, 6.07) is 1.55. The van der Waals surface area contributed by atoms with Crippen LogP contribution >= 0.6 is 12.6 Å². The minimum Gasteiger partial charge on any atom is -0.311 e. The molecule has 1 nitrogen and oxygen atoms in total. The molecule has 1 N–H and O–H groups in total. The molecule has 1 saturated carbocycles. The number of thiol groups is 1. The molecule has 0 aliphatic heterocycles. The Labute approximate surface area is 94.5 Å². The zero-order chi connectivity index (χ0) is 10.2. The molecule has 0 saturated heterocycles. The minimum atomic E-state index is 0.741. The minimum absolute atomic E-state index is 0.741. The average molecular weight is 215 g/mol. The fourth-order valence-corrected chi connectivity index (χ4v) is 2.53. The molecule has 1 aliphatic rings. The highest BCUT2D eigenvalue weighted by Gasteiger charge is 2.16. The predicted octanol–water partition coefficient (Wildman–Crippen LogP) is 3.40. The molecule has 2 heteroatoms. The van der Waals surface area contributed by atoms with Crippen LogP contribution in [0.3, 0.4) is 0 Å². The maximum Gasteiger partial charge on any atom is 0.00696 e. The van der Waals surface area contributed by atoms with Gasteiger partial charge in [0.25, 0.3) is 0 Å². The van der Waals surface area contributed by atoms with Crippen molar-refractivity contribution in [2.24, 2.45) is 0 Å². The van der Waals surface area contributed by atoms with Gasteiger partial charge in [-0.3, -0.25) is 0 Å². The Morgan fingerprint density at radius 3 is 2.57 bits per heavy atom. The first-order valence-corrected chi connectivity index (χ1v) is 6.87. The van der Waals surface area contributed by atoms with Gasteiger partial charge in [0.1, 0.15) is 0 Å². The van der Waals surface area contributed by atoms with Crippen LogP contribution in [0.1, 0.15) is 58.3 Å². The Morgan fingerprint density at radius 1 is 1.29 bits per heavy atom. The molecule has 84 valence electrons. The van der Waals surface area contributed by atoms with Gasteiger partial charge >= 0.3 is 0 Å². The molecule has 0 spiro atoms. The van der Waals surface area contributed by atoms with Gasteiger partial charge in [-0.1, -0.05) is 26.2 Å². The quantitative estimate of drug-likeness (QED) is 0.647. The van der Waals surface area contributed by atoms with Crippen molar-refractivity contribution in [2.75, 3.05) is 5.75 Å². The summed E-state index contributed by atoms with van der Waals surface area (Å²) in [5.41, 5.74) is 0. The summed E-state index contributed by atoms with van der Waals surface area (Å²) in [5, 5.41) is 3.81. The van der Waals surface area contributed by atoms with Crippen LogP contribution in [0, 0.1) is 0 Å². The van der Waals surface area contributed by atoms with Crippen molar-refractivity contribution in [3.8, 4) is 0 Å². The van der Waals surface area contributed by atoms with Gasteiger partial charge in [-0.15, -0.1) is 0 Å². The summed E-state index contributed by atoms with van der Waals surface area (Å²) in [6.45, 7) is 2.29. The average Bonchev–Trinajstić information content (AvgIpc) is 2.25. The predicted molar refractivity (Wildman–Crippen MR) is 67.2 cm³/mol. The van der Waals surface area contributed by atoms with Gasteiger partial charge in [-0.2, -0.15) is 12.6 Å². The lowest BCUT2D eigenvalue weighted by atomic mass is 9.94. The van der Waals surface area contributed by atoms with Gasteiger partial charge in [0.15, 0.2) is 0 Å². The highest BCUT2D eigenvalue weighted by atomic mass is 32.1. The van der Waals surface area contributed by atoms with E-state index < -0.39 is 0 Å².